The van der Waals surface area contributed by atoms with Crippen LogP contribution in [0.4, 0.5) is 0 Å². The van der Waals surface area contributed by atoms with E-state index in [1.165, 1.54) is 5.69 Å². The molecule has 3 N–H and O–H groups in total. The first-order chi connectivity index (χ1) is 10.6. The summed E-state index contributed by atoms with van der Waals surface area (Å²) in [4.78, 5) is 15.6. The van der Waals surface area contributed by atoms with E-state index in [9.17, 15) is 4.79 Å². The van der Waals surface area contributed by atoms with Crippen LogP contribution in [0.1, 0.15) is 31.2 Å². The van der Waals surface area contributed by atoms with Gasteiger partial charge in [-0.3, -0.25) is 14.5 Å². The number of amides is 1. The Hall–Kier alpha value is -1.32. The van der Waals surface area contributed by atoms with Crippen molar-refractivity contribution in [3.8, 4) is 0 Å². The fourth-order valence-corrected chi connectivity index (χ4v) is 2.05. The van der Waals surface area contributed by atoms with E-state index >= 15 is 0 Å². The largest absolute Gasteiger partial charge is 0.356 e. The highest BCUT2D eigenvalue weighted by Gasteiger charge is 2.03. The highest BCUT2D eigenvalue weighted by Crippen LogP contribution is 2.02. The SMILES string of the molecule is CCCNC(=O)CNC(=NC)NCCCn1nc(C)cc1C.I. The molecule has 0 saturated heterocycles. The number of hydrogen-bond donors (Lipinski definition) is 3. The molecule has 0 aliphatic heterocycles. The van der Waals surface area contributed by atoms with E-state index in [4.69, 9.17) is 0 Å². The van der Waals surface area contributed by atoms with Crippen molar-refractivity contribution >= 4 is 35.8 Å². The number of nitrogens with zero attached hydrogens (tertiary/aromatic N) is 3. The lowest BCUT2D eigenvalue weighted by Crippen LogP contribution is -2.43. The lowest BCUT2D eigenvalue weighted by molar-refractivity contribution is -0.120. The Balaban J connectivity index is 0.00000484. The molecule has 1 amide bonds. The Kier molecular flexibility index (Phi) is 11.4. The molecular weight excluding hydrogens is 407 g/mol. The smallest absolute Gasteiger partial charge is 0.239 e. The highest BCUT2D eigenvalue weighted by atomic mass is 127. The Morgan fingerprint density at radius 1 is 1.26 bits per heavy atom. The fourth-order valence-electron chi connectivity index (χ4n) is 2.05. The second-order valence-electron chi connectivity index (χ2n) is 5.21. The van der Waals surface area contributed by atoms with E-state index in [0.717, 1.165) is 31.6 Å². The van der Waals surface area contributed by atoms with Crippen molar-refractivity contribution in [3.05, 3.63) is 17.5 Å². The zero-order chi connectivity index (χ0) is 16.4. The van der Waals surface area contributed by atoms with Crippen LogP contribution in [0.5, 0.6) is 0 Å². The number of halogens is 1. The molecule has 1 aromatic heterocycles. The summed E-state index contributed by atoms with van der Waals surface area (Å²) in [7, 11) is 1.69. The van der Waals surface area contributed by atoms with Crippen molar-refractivity contribution in [2.45, 2.75) is 40.2 Å². The number of carbonyl (C=O) groups excluding carboxylic acids is 1. The van der Waals surface area contributed by atoms with Gasteiger partial charge in [0.15, 0.2) is 5.96 Å². The predicted octanol–water partition coefficient (Wildman–Crippen LogP) is 1.20. The molecule has 8 heteroatoms. The summed E-state index contributed by atoms with van der Waals surface area (Å²) in [6.45, 7) is 8.65. The molecule has 0 bridgehead atoms. The minimum Gasteiger partial charge on any atom is -0.356 e. The number of guanidine groups is 1. The van der Waals surface area contributed by atoms with Crippen LogP contribution in [0.2, 0.25) is 0 Å². The van der Waals surface area contributed by atoms with Crippen LogP contribution in [0.25, 0.3) is 0 Å². The van der Waals surface area contributed by atoms with Gasteiger partial charge in [0.05, 0.1) is 12.2 Å². The van der Waals surface area contributed by atoms with Gasteiger partial charge in [-0.1, -0.05) is 6.92 Å². The summed E-state index contributed by atoms with van der Waals surface area (Å²) < 4.78 is 2.01. The van der Waals surface area contributed by atoms with Crippen LogP contribution < -0.4 is 16.0 Å². The number of aryl methyl sites for hydroxylation is 3. The molecule has 7 nitrogen and oxygen atoms in total. The maximum atomic E-state index is 11.5. The van der Waals surface area contributed by atoms with E-state index < -0.39 is 0 Å². The van der Waals surface area contributed by atoms with Crippen molar-refractivity contribution in [2.24, 2.45) is 4.99 Å². The molecule has 0 aromatic carbocycles. The Morgan fingerprint density at radius 2 is 2.00 bits per heavy atom. The van der Waals surface area contributed by atoms with Gasteiger partial charge in [0.1, 0.15) is 0 Å². The average molecular weight is 436 g/mol. The second-order valence-corrected chi connectivity index (χ2v) is 5.21. The van der Waals surface area contributed by atoms with Crippen molar-refractivity contribution in [1.82, 2.24) is 25.7 Å². The third-order valence-corrected chi connectivity index (χ3v) is 3.15. The van der Waals surface area contributed by atoms with Gasteiger partial charge in [-0.25, -0.2) is 0 Å². The minimum atomic E-state index is -0.0209. The molecule has 1 rings (SSSR count). The monoisotopic (exact) mass is 436 g/mol. The lowest BCUT2D eigenvalue weighted by atomic mass is 10.4. The van der Waals surface area contributed by atoms with Crippen molar-refractivity contribution in [2.75, 3.05) is 26.7 Å². The van der Waals surface area contributed by atoms with Crippen LogP contribution in [0.3, 0.4) is 0 Å². The molecule has 0 fully saturated rings. The second kappa shape index (κ2) is 12.1. The lowest BCUT2D eigenvalue weighted by Gasteiger charge is -2.12. The first-order valence-electron chi connectivity index (χ1n) is 7.79. The average Bonchev–Trinajstić information content (AvgIpc) is 2.82. The third-order valence-electron chi connectivity index (χ3n) is 3.15. The van der Waals surface area contributed by atoms with Crippen molar-refractivity contribution < 1.29 is 4.79 Å². The molecule has 23 heavy (non-hydrogen) atoms. The maximum absolute atomic E-state index is 11.5. The summed E-state index contributed by atoms with van der Waals surface area (Å²) in [6.07, 6.45) is 1.87. The van der Waals surface area contributed by atoms with Crippen LogP contribution >= 0.6 is 24.0 Å². The molecule has 0 aliphatic rings. The zero-order valence-electron chi connectivity index (χ0n) is 14.5. The molecule has 0 spiro atoms. The maximum Gasteiger partial charge on any atom is 0.239 e. The molecule has 132 valence electrons. The van der Waals surface area contributed by atoms with Crippen LogP contribution in [-0.4, -0.2) is 48.3 Å². The number of hydrogen-bond acceptors (Lipinski definition) is 3. The van der Waals surface area contributed by atoms with E-state index in [2.05, 4.69) is 39.0 Å². The van der Waals surface area contributed by atoms with Crippen molar-refractivity contribution in [3.63, 3.8) is 0 Å². The van der Waals surface area contributed by atoms with Gasteiger partial charge in [-0.05, 0) is 32.8 Å². The number of nitrogens with one attached hydrogen (secondary N) is 3. The van der Waals surface area contributed by atoms with Crippen LogP contribution in [0, 0.1) is 13.8 Å². The first kappa shape index (κ1) is 21.7. The van der Waals surface area contributed by atoms with E-state index in [1.807, 2.05) is 18.5 Å². The van der Waals surface area contributed by atoms with E-state index in [1.54, 1.807) is 7.05 Å². The predicted molar refractivity (Wildman–Crippen MR) is 104 cm³/mol. The van der Waals surface area contributed by atoms with E-state index in [-0.39, 0.29) is 36.4 Å². The Bertz CT molecular complexity index is 500. The Morgan fingerprint density at radius 3 is 2.57 bits per heavy atom. The topological polar surface area (TPSA) is 83.3 Å². The van der Waals surface area contributed by atoms with Gasteiger partial charge in [0.2, 0.25) is 5.91 Å². The summed E-state index contributed by atoms with van der Waals surface area (Å²) in [5.41, 5.74) is 2.22. The van der Waals surface area contributed by atoms with Crippen LogP contribution in [-0.2, 0) is 11.3 Å². The number of aliphatic imine (C=N–C) groups is 1. The zero-order valence-corrected chi connectivity index (χ0v) is 16.8. The normalized spacial score (nSPS) is 10.9. The molecule has 1 heterocycles. The summed E-state index contributed by atoms with van der Waals surface area (Å²) in [5.74, 6) is 0.618. The summed E-state index contributed by atoms with van der Waals surface area (Å²) in [6, 6.07) is 2.07. The molecule has 0 radical (unpaired) electrons. The van der Waals surface area contributed by atoms with Gasteiger partial charge in [-0.15, -0.1) is 24.0 Å². The van der Waals surface area contributed by atoms with Gasteiger partial charge in [-0.2, -0.15) is 5.10 Å². The number of aromatic nitrogens is 2. The van der Waals surface area contributed by atoms with Gasteiger partial charge < -0.3 is 16.0 Å². The molecule has 1 aromatic rings. The number of carbonyl (C=O) groups is 1. The van der Waals surface area contributed by atoms with Crippen LogP contribution in [0.15, 0.2) is 11.1 Å². The molecule has 0 atom stereocenters. The van der Waals surface area contributed by atoms with Gasteiger partial charge in [0.25, 0.3) is 0 Å². The standard InChI is InChI=1S/C15H28N6O.HI/c1-5-7-17-14(22)11-19-15(16-4)18-8-6-9-21-13(3)10-12(2)20-21;/h10H,5-9,11H2,1-4H3,(H,17,22)(H2,16,18,19);1H. The Labute approximate surface area is 155 Å². The third kappa shape index (κ3) is 8.77. The number of rotatable bonds is 8. The molecular formula is C15H29IN6O. The summed E-state index contributed by atoms with van der Waals surface area (Å²) >= 11 is 0. The summed E-state index contributed by atoms with van der Waals surface area (Å²) in [5, 5.41) is 13.4. The molecule has 0 saturated carbocycles. The molecule has 0 unspecified atom stereocenters. The van der Waals surface area contributed by atoms with Gasteiger partial charge >= 0.3 is 0 Å². The fraction of sp³-hybridized carbons (Fsp3) is 0.667. The van der Waals surface area contributed by atoms with Crippen molar-refractivity contribution in [1.29, 1.82) is 0 Å². The molecule has 0 aliphatic carbocycles. The first-order valence-corrected chi connectivity index (χ1v) is 7.79. The quantitative estimate of drug-likeness (QED) is 0.248. The van der Waals surface area contributed by atoms with E-state index in [0.29, 0.717) is 12.5 Å². The van der Waals surface area contributed by atoms with Gasteiger partial charge in [0, 0.05) is 32.4 Å². The minimum absolute atomic E-state index is 0. The highest BCUT2D eigenvalue weighted by molar-refractivity contribution is 14.0.